The number of imidazole rings is 1. The second-order valence-electron chi connectivity index (χ2n) is 3.35. The standard InChI is InChI=1S/C8H10I2N2O3/c9-7-8(10)12(3-11-7)6-1-4(14)5(2-13)15-6/h3-6,13-14H,1-2H2/t4-,5-,6-/m1/s1. The Hall–Kier alpha value is 0.550. The second kappa shape index (κ2) is 4.82. The summed E-state index contributed by atoms with van der Waals surface area (Å²) in [6.45, 7) is -0.153. The Balaban J connectivity index is 2.17. The van der Waals surface area contributed by atoms with Gasteiger partial charge in [0.25, 0.3) is 0 Å². The zero-order valence-electron chi connectivity index (χ0n) is 7.68. The summed E-state index contributed by atoms with van der Waals surface area (Å²) in [7, 11) is 0. The Kier molecular flexibility index (Phi) is 3.86. The molecule has 2 N–H and O–H groups in total. The first kappa shape index (κ1) is 12.0. The number of ether oxygens (including phenoxy) is 1. The van der Waals surface area contributed by atoms with Crippen LogP contribution in [0.4, 0.5) is 0 Å². The summed E-state index contributed by atoms with van der Waals surface area (Å²) in [6.07, 6.45) is 0.885. The highest BCUT2D eigenvalue weighted by atomic mass is 127. The molecule has 0 amide bonds. The lowest BCUT2D eigenvalue weighted by atomic mass is 10.2. The zero-order chi connectivity index (χ0) is 11.0. The first-order valence-corrected chi connectivity index (χ1v) is 6.61. The highest BCUT2D eigenvalue weighted by Gasteiger charge is 2.35. The summed E-state index contributed by atoms with van der Waals surface area (Å²) in [5, 5.41) is 18.6. The van der Waals surface area contributed by atoms with Crippen molar-refractivity contribution in [3.63, 3.8) is 0 Å². The van der Waals surface area contributed by atoms with Crippen molar-refractivity contribution in [1.82, 2.24) is 9.55 Å². The van der Waals surface area contributed by atoms with Gasteiger partial charge in [-0.1, -0.05) is 0 Å². The largest absolute Gasteiger partial charge is 0.394 e. The zero-order valence-corrected chi connectivity index (χ0v) is 12.0. The normalized spacial score (nSPS) is 31.1. The fraction of sp³-hybridized carbons (Fsp3) is 0.625. The molecule has 1 aliphatic heterocycles. The third kappa shape index (κ3) is 2.30. The van der Waals surface area contributed by atoms with Crippen LogP contribution >= 0.6 is 45.2 Å². The Morgan fingerprint density at radius 1 is 1.60 bits per heavy atom. The van der Waals surface area contributed by atoms with E-state index in [2.05, 4.69) is 50.2 Å². The molecule has 0 unspecified atom stereocenters. The summed E-state index contributed by atoms with van der Waals surface area (Å²) in [4.78, 5) is 4.15. The van der Waals surface area contributed by atoms with E-state index in [1.807, 2.05) is 4.57 Å². The Morgan fingerprint density at radius 2 is 2.33 bits per heavy atom. The van der Waals surface area contributed by atoms with Crippen molar-refractivity contribution in [2.75, 3.05) is 6.61 Å². The van der Waals surface area contributed by atoms with Gasteiger partial charge in [-0.15, -0.1) is 0 Å². The molecule has 7 heteroatoms. The van der Waals surface area contributed by atoms with Crippen LogP contribution < -0.4 is 0 Å². The van der Waals surface area contributed by atoms with Crippen molar-refractivity contribution < 1.29 is 14.9 Å². The van der Waals surface area contributed by atoms with E-state index in [1.165, 1.54) is 0 Å². The summed E-state index contributed by atoms with van der Waals surface area (Å²) in [5.74, 6) is 0. The third-order valence-electron chi connectivity index (χ3n) is 2.39. The molecular weight excluding hydrogens is 426 g/mol. The van der Waals surface area contributed by atoms with E-state index in [1.54, 1.807) is 6.33 Å². The van der Waals surface area contributed by atoms with E-state index < -0.39 is 12.2 Å². The molecule has 1 saturated heterocycles. The molecule has 0 saturated carbocycles. The van der Waals surface area contributed by atoms with Gasteiger partial charge in [0.1, 0.15) is 19.7 Å². The minimum atomic E-state index is -0.601. The maximum absolute atomic E-state index is 9.60. The SMILES string of the molecule is OC[C@H]1O[C@@H](n2cnc(I)c2I)C[C@H]1O. The number of halogens is 2. The fourth-order valence-electron chi connectivity index (χ4n) is 1.57. The molecule has 1 aromatic heterocycles. The molecule has 3 atom stereocenters. The van der Waals surface area contributed by atoms with Crippen LogP contribution in [0.5, 0.6) is 0 Å². The lowest BCUT2D eigenvalue weighted by Crippen LogP contribution is -2.24. The van der Waals surface area contributed by atoms with Crippen LogP contribution in [-0.2, 0) is 4.74 Å². The number of hydrogen-bond acceptors (Lipinski definition) is 4. The quantitative estimate of drug-likeness (QED) is 0.672. The maximum Gasteiger partial charge on any atom is 0.138 e. The molecule has 84 valence electrons. The average molecular weight is 436 g/mol. The molecule has 0 aromatic carbocycles. The van der Waals surface area contributed by atoms with Gasteiger partial charge < -0.3 is 14.9 Å². The van der Waals surface area contributed by atoms with Gasteiger partial charge in [0, 0.05) is 6.42 Å². The van der Waals surface area contributed by atoms with Crippen LogP contribution in [0.25, 0.3) is 0 Å². The van der Waals surface area contributed by atoms with Crippen LogP contribution in [0.1, 0.15) is 12.6 Å². The van der Waals surface area contributed by atoms with Crippen LogP contribution in [-0.4, -0.2) is 38.6 Å². The van der Waals surface area contributed by atoms with Crippen molar-refractivity contribution in [2.45, 2.75) is 24.9 Å². The van der Waals surface area contributed by atoms with E-state index in [0.29, 0.717) is 6.42 Å². The fourth-order valence-corrected chi connectivity index (χ4v) is 2.55. The highest BCUT2D eigenvalue weighted by Crippen LogP contribution is 2.30. The molecule has 0 spiro atoms. The van der Waals surface area contributed by atoms with Crippen LogP contribution in [0.2, 0.25) is 0 Å². The summed E-state index contributed by atoms with van der Waals surface area (Å²) in [6, 6.07) is 0. The first-order valence-electron chi connectivity index (χ1n) is 4.45. The van der Waals surface area contributed by atoms with E-state index in [9.17, 15) is 5.11 Å². The predicted molar refractivity (Wildman–Crippen MR) is 69.3 cm³/mol. The Bertz CT molecular complexity index is 358. The molecule has 15 heavy (non-hydrogen) atoms. The predicted octanol–water partition coefficient (Wildman–Crippen LogP) is 0.733. The van der Waals surface area contributed by atoms with Gasteiger partial charge in [-0.2, -0.15) is 0 Å². The van der Waals surface area contributed by atoms with Crippen molar-refractivity contribution in [1.29, 1.82) is 0 Å². The number of aliphatic hydroxyl groups excluding tert-OH is 2. The number of aliphatic hydroxyl groups is 2. The van der Waals surface area contributed by atoms with Crippen molar-refractivity contribution >= 4 is 45.2 Å². The highest BCUT2D eigenvalue weighted by molar-refractivity contribution is 14.1. The molecule has 0 radical (unpaired) electrons. The average Bonchev–Trinajstić information content (AvgIpc) is 2.72. The van der Waals surface area contributed by atoms with Crippen molar-refractivity contribution in [3.05, 3.63) is 13.7 Å². The third-order valence-corrected chi connectivity index (χ3v) is 5.28. The molecule has 1 fully saturated rings. The van der Waals surface area contributed by atoms with Crippen LogP contribution in [0.15, 0.2) is 6.33 Å². The summed E-state index contributed by atoms with van der Waals surface area (Å²) in [5.41, 5.74) is 0. The monoisotopic (exact) mass is 436 g/mol. The number of hydrogen-bond donors (Lipinski definition) is 2. The van der Waals surface area contributed by atoms with Gasteiger partial charge in [-0.05, 0) is 45.2 Å². The van der Waals surface area contributed by atoms with E-state index >= 15 is 0 Å². The maximum atomic E-state index is 9.60. The van der Waals surface area contributed by atoms with Gasteiger partial charge in [0.05, 0.1) is 19.0 Å². The minimum absolute atomic E-state index is 0.153. The van der Waals surface area contributed by atoms with Crippen molar-refractivity contribution in [3.8, 4) is 0 Å². The van der Waals surface area contributed by atoms with Crippen LogP contribution in [0.3, 0.4) is 0 Å². The molecule has 0 bridgehead atoms. The van der Waals surface area contributed by atoms with Gasteiger partial charge in [0.2, 0.25) is 0 Å². The van der Waals surface area contributed by atoms with E-state index in [0.717, 1.165) is 7.40 Å². The number of rotatable bonds is 2. The number of aromatic nitrogens is 2. The van der Waals surface area contributed by atoms with Gasteiger partial charge in [-0.25, -0.2) is 4.98 Å². The summed E-state index contributed by atoms with van der Waals surface area (Å²) >= 11 is 4.33. The van der Waals surface area contributed by atoms with Gasteiger partial charge in [0.15, 0.2) is 0 Å². The second-order valence-corrected chi connectivity index (χ2v) is 5.39. The minimum Gasteiger partial charge on any atom is -0.394 e. The lowest BCUT2D eigenvalue weighted by Gasteiger charge is -2.13. The van der Waals surface area contributed by atoms with Crippen LogP contribution in [0, 0.1) is 7.40 Å². The molecule has 2 rings (SSSR count). The first-order chi connectivity index (χ1) is 7.13. The van der Waals surface area contributed by atoms with Gasteiger partial charge in [-0.3, -0.25) is 4.57 Å². The molecular formula is C8H10I2N2O3. The van der Waals surface area contributed by atoms with Crippen molar-refractivity contribution in [2.24, 2.45) is 0 Å². The molecule has 5 nitrogen and oxygen atoms in total. The molecule has 0 aliphatic carbocycles. The van der Waals surface area contributed by atoms with E-state index in [4.69, 9.17) is 9.84 Å². The summed E-state index contributed by atoms with van der Waals surface area (Å²) < 4.78 is 9.30. The molecule has 2 heterocycles. The number of nitrogens with zero attached hydrogens (tertiary/aromatic N) is 2. The topological polar surface area (TPSA) is 67.5 Å². The molecule has 1 aromatic rings. The van der Waals surface area contributed by atoms with Gasteiger partial charge >= 0.3 is 0 Å². The smallest absolute Gasteiger partial charge is 0.138 e. The Morgan fingerprint density at radius 3 is 2.80 bits per heavy atom. The molecule has 1 aliphatic rings. The Labute approximate surface area is 114 Å². The van der Waals surface area contributed by atoms with E-state index in [-0.39, 0.29) is 12.8 Å². The lowest BCUT2D eigenvalue weighted by molar-refractivity contribution is -0.0451.